The lowest BCUT2D eigenvalue weighted by molar-refractivity contribution is 1.10. The van der Waals surface area contributed by atoms with Gasteiger partial charge in [-0.3, -0.25) is 0 Å². The minimum absolute atomic E-state index is 0.515. The second-order valence-electron chi connectivity index (χ2n) is 5.24. The molecule has 2 nitrogen and oxygen atoms in total. The summed E-state index contributed by atoms with van der Waals surface area (Å²) < 4.78 is 2.11. The highest BCUT2D eigenvalue weighted by molar-refractivity contribution is 6.17. The van der Waals surface area contributed by atoms with Crippen molar-refractivity contribution in [3.05, 3.63) is 58.9 Å². The molecule has 0 fully saturated rings. The van der Waals surface area contributed by atoms with Gasteiger partial charge in [0, 0.05) is 23.3 Å². The number of aryl methyl sites for hydroxylation is 3. The normalized spacial score (nSPS) is 11.2. The summed E-state index contributed by atoms with van der Waals surface area (Å²) in [5.41, 5.74) is 8.01. The topological polar surface area (TPSA) is 17.3 Å². The van der Waals surface area contributed by atoms with E-state index in [0.717, 1.165) is 22.6 Å². The molecule has 0 radical (unpaired) electrons. The third kappa shape index (κ3) is 2.10. The summed E-state index contributed by atoms with van der Waals surface area (Å²) >= 11 is 5.89. The van der Waals surface area contributed by atoms with Crippen LogP contribution in [-0.2, 0) is 5.88 Å². The van der Waals surface area contributed by atoms with E-state index in [1.54, 1.807) is 0 Å². The Labute approximate surface area is 124 Å². The van der Waals surface area contributed by atoms with Crippen molar-refractivity contribution in [1.29, 1.82) is 0 Å². The van der Waals surface area contributed by atoms with Gasteiger partial charge < -0.3 is 4.40 Å². The van der Waals surface area contributed by atoms with Crippen LogP contribution in [0.25, 0.3) is 16.9 Å². The Morgan fingerprint density at radius 3 is 2.55 bits per heavy atom. The molecule has 102 valence electrons. The van der Waals surface area contributed by atoms with Crippen LogP contribution in [0.15, 0.2) is 36.5 Å². The lowest BCUT2D eigenvalue weighted by atomic mass is 10.0. The number of fused-ring (bicyclic) bond motifs is 1. The summed E-state index contributed by atoms with van der Waals surface area (Å²) in [5.74, 6) is 0.515. The fraction of sp³-hybridized carbons (Fsp3) is 0.235. The molecule has 0 N–H and O–H groups in total. The quantitative estimate of drug-likeness (QED) is 0.625. The highest BCUT2D eigenvalue weighted by Crippen LogP contribution is 2.26. The molecule has 0 spiro atoms. The zero-order valence-electron chi connectivity index (χ0n) is 11.9. The first kappa shape index (κ1) is 13.2. The van der Waals surface area contributed by atoms with E-state index >= 15 is 0 Å². The Morgan fingerprint density at radius 1 is 1.05 bits per heavy atom. The molecule has 0 unspecified atom stereocenters. The SMILES string of the molecule is Cc1ccc(-c2nc3cc(CCl)ccn3c2C)cc1C. The van der Waals surface area contributed by atoms with Crippen LogP contribution in [0.1, 0.15) is 22.4 Å². The maximum absolute atomic E-state index is 5.89. The first-order chi connectivity index (χ1) is 9.60. The van der Waals surface area contributed by atoms with Crippen LogP contribution in [-0.4, -0.2) is 9.38 Å². The number of halogens is 1. The monoisotopic (exact) mass is 284 g/mol. The number of rotatable bonds is 2. The van der Waals surface area contributed by atoms with Gasteiger partial charge in [0.15, 0.2) is 0 Å². The predicted octanol–water partition coefficient (Wildman–Crippen LogP) is 4.67. The van der Waals surface area contributed by atoms with E-state index in [4.69, 9.17) is 16.6 Å². The van der Waals surface area contributed by atoms with Crippen molar-refractivity contribution >= 4 is 17.2 Å². The number of hydrogen-bond donors (Lipinski definition) is 0. The standard InChI is InChI=1S/C17H17ClN2/c1-11-4-5-15(8-12(11)2)17-13(3)20-7-6-14(10-18)9-16(20)19-17/h4-9H,10H2,1-3H3. The van der Waals surface area contributed by atoms with E-state index in [9.17, 15) is 0 Å². The minimum atomic E-state index is 0.515. The fourth-order valence-corrected chi connectivity index (χ4v) is 2.62. The molecule has 0 saturated carbocycles. The third-order valence-electron chi connectivity index (χ3n) is 3.86. The van der Waals surface area contributed by atoms with Crippen molar-refractivity contribution in [1.82, 2.24) is 9.38 Å². The van der Waals surface area contributed by atoms with E-state index in [1.165, 1.54) is 16.7 Å². The summed E-state index contributed by atoms with van der Waals surface area (Å²) in [6.07, 6.45) is 2.04. The Balaban J connectivity index is 2.20. The lowest BCUT2D eigenvalue weighted by Gasteiger charge is -2.04. The first-order valence-electron chi connectivity index (χ1n) is 6.71. The van der Waals surface area contributed by atoms with Gasteiger partial charge in [0.25, 0.3) is 0 Å². The van der Waals surface area contributed by atoms with Crippen molar-refractivity contribution in [3.63, 3.8) is 0 Å². The summed E-state index contributed by atoms with van der Waals surface area (Å²) in [7, 11) is 0. The average Bonchev–Trinajstić information content (AvgIpc) is 2.78. The van der Waals surface area contributed by atoms with E-state index in [1.807, 2.05) is 18.3 Å². The Hall–Kier alpha value is -1.80. The molecule has 0 amide bonds. The Morgan fingerprint density at radius 2 is 1.85 bits per heavy atom. The van der Waals surface area contributed by atoms with Crippen molar-refractivity contribution in [2.24, 2.45) is 0 Å². The van der Waals surface area contributed by atoms with Gasteiger partial charge in [-0.2, -0.15) is 0 Å². The summed E-state index contributed by atoms with van der Waals surface area (Å²) in [5, 5.41) is 0. The van der Waals surface area contributed by atoms with Crippen molar-refractivity contribution < 1.29 is 0 Å². The van der Waals surface area contributed by atoms with Gasteiger partial charge in [0.2, 0.25) is 0 Å². The van der Waals surface area contributed by atoms with E-state index in [-0.39, 0.29) is 0 Å². The number of benzene rings is 1. The molecular weight excluding hydrogens is 268 g/mol. The van der Waals surface area contributed by atoms with Crippen LogP contribution >= 0.6 is 11.6 Å². The Kier molecular flexibility index (Phi) is 3.27. The minimum Gasteiger partial charge on any atom is -0.304 e. The van der Waals surface area contributed by atoms with E-state index < -0.39 is 0 Å². The maximum atomic E-state index is 5.89. The van der Waals surface area contributed by atoms with Crippen LogP contribution < -0.4 is 0 Å². The molecule has 1 aromatic carbocycles. The van der Waals surface area contributed by atoms with Gasteiger partial charge in [0.1, 0.15) is 5.65 Å². The van der Waals surface area contributed by atoms with Crippen LogP contribution in [0, 0.1) is 20.8 Å². The van der Waals surface area contributed by atoms with Crippen molar-refractivity contribution in [2.45, 2.75) is 26.7 Å². The fourth-order valence-electron chi connectivity index (χ4n) is 2.45. The van der Waals surface area contributed by atoms with Crippen LogP contribution in [0.2, 0.25) is 0 Å². The maximum Gasteiger partial charge on any atom is 0.137 e. The van der Waals surface area contributed by atoms with Crippen molar-refractivity contribution in [3.8, 4) is 11.3 Å². The second kappa shape index (κ2) is 4.95. The van der Waals surface area contributed by atoms with Gasteiger partial charge in [-0.05, 0) is 55.7 Å². The number of imidazole rings is 1. The molecule has 0 aliphatic heterocycles. The highest BCUT2D eigenvalue weighted by atomic mass is 35.5. The number of nitrogens with zero attached hydrogens (tertiary/aromatic N) is 2. The zero-order chi connectivity index (χ0) is 14.3. The van der Waals surface area contributed by atoms with Crippen molar-refractivity contribution in [2.75, 3.05) is 0 Å². The number of hydrogen-bond acceptors (Lipinski definition) is 1. The molecule has 3 heteroatoms. The number of aromatic nitrogens is 2. The first-order valence-corrected chi connectivity index (χ1v) is 7.25. The molecular formula is C17H17ClN2. The summed E-state index contributed by atoms with van der Waals surface area (Å²) in [6, 6.07) is 10.6. The van der Waals surface area contributed by atoms with Gasteiger partial charge in [0.05, 0.1) is 5.69 Å². The van der Waals surface area contributed by atoms with E-state index in [2.05, 4.69) is 43.4 Å². The second-order valence-corrected chi connectivity index (χ2v) is 5.51. The van der Waals surface area contributed by atoms with Crippen LogP contribution in [0.3, 0.4) is 0 Å². The third-order valence-corrected chi connectivity index (χ3v) is 4.17. The summed E-state index contributed by atoms with van der Waals surface area (Å²) in [6.45, 7) is 6.36. The molecule has 2 aromatic heterocycles. The molecule has 0 saturated heterocycles. The lowest BCUT2D eigenvalue weighted by Crippen LogP contribution is -1.89. The zero-order valence-corrected chi connectivity index (χ0v) is 12.7. The molecule has 0 aliphatic carbocycles. The van der Waals surface area contributed by atoms with Gasteiger partial charge in [-0.15, -0.1) is 11.6 Å². The summed E-state index contributed by atoms with van der Waals surface area (Å²) in [4.78, 5) is 4.77. The number of alkyl halides is 1. The smallest absolute Gasteiger partial charge is 0.137 e. The van der Waals surface area contributed by atoms with Gasteiger partial charge in [-0.1, -0.05) is 12.1 Å². The van der Waals surface area contributed by atoms with E-state index in [0.29, 0.717) is 5.88 Å². The predicted molar refractivity (Wildman–Crippen MR) is 84.4 cm³/mol. The van der Waals surface area contributed by atoms with Gasteiger partial charge >= 0.3 is 0 Å². The molecule has 0 atom stereocenters. The average molecular weight is 285 g/mol. The molecule has 3 rings (SSSR count). The Bertz CT molecular complexity index is 787. The molecule has 0 bridgehead atoms. The highest BCUT2D eigenvalue weighted by Gasteiger charge is 2.11. The molecule has 0 aliphatic rings. The number of pyridine rings is 1. The molecule has 2 heterocycles. The molecule has 20 heavy (non-hydrogen) atoms. The van der Waals surface area contributed by atoms with Gasteiger partial charge in [-0.25, -0.2) is 4.98 Å². The van der Waals surface area contributed by atoms with Crippen LogP contribution in [0.5, 0.6) is 0 Å². The largest absolute Gasteiger partial charge is 0.304 e. The van der Waals surface area contributed by atoms with Crippen LogP contribution in [0.4, 0.5) is 0 Å². The molecule has 3 aromatic rings.